The van der Waals surface area contributed by atoms with E-state index in [-0.39, 0.29) is 17.5 Å². The monoisotopic (exact) mass is 355 g/mol. The topological polar surface area (TPSA) is 75.4 Å². The zero-order valence-corrected chi connectivity index (χ0v) is 14.3. The van der Waals surface area contributed by atoms with Crippen LogP contribution in [-0.2, 0) is 0 Å². The largest absolute Gasteiger partial charge is 0.478 e. The fourth-order valence-corrected chi connectivity index (χ4v) is 4.23. The summed E-state index contributed by atoms with van der Waals surface area (Å²) in [5.74, 6) is -0.897. The van der Waals surface area contributed by atoms with E-state index in [0.717, 1.165) is 28.5 Å². The van der Waals surface area contributed by atoms with E-state index in [2.05, 4.69) is 5.10 Å². The highest BCUT2D eigenvalue weighted by atomic mass is 32.1. The Morgan fingerprint density at radius 3 is 2.68 bits per heavy atom. The zero-order valence-electron chi connectivity index (χ0n) is 13.5. The second-order valence-corrected chi connectivity index (χ2v) is 7.09. The third-order valence-corrected chi connectivity index (χ3v) is 5.65. The molecule has 25 heavy (non-hydrogen) atoms. The minimum absolute atomic E-state index is 0.0718. The van der Waals surface area contributed by atoms with Crippen LogP contribution in [0.25, 0.3) is 10.1 Å². The molecule has 1 amide bonds. The molecule has 0 aliphatic carbocycles. The van der Waals surface area contributed by atoms with E-state index >= 15 is 0 Å². The number of likely N-dealkylation sites (tertiary alicyclic amines) is 1. The van der Waals surface area contributed by atoms with Crippen LogP contribution in [0.3, 0.4) is 0 Å². The van der Waals surface area contributed by atoms with Crippen LogP contribution in [0.2, 0.25) is 0 Å². The van der Waals surface area contributed by atoms with Crippen LogP contribution in [0, 0.1) is 0 Å². The molecule has 1 N–H and O–H groups in total. The van der Waals surface area contributed by atoms with Gasteiger partial charge in [0.1, 0.15) is 0 Å². The minimum atomic E-state index is -0.969. The molecular formula is C18H17N3O3S. The summed E-state index contributed by atoms with van der Waals surface area (Å²) in [6.07, 6.45) is 4.48. The molecule has 4 rings (SSSR count). The van der Waals surface area contributed by atoms with Gasteiger partial charge in [-0.15, -0.1) is 11.3 Å². The van der Waals surface area contributed by atoms with Gasteiger partial charge in [0.05, 0.1) is 23.4 Å². The number of aromatic carboxylic acids is 1. The Balaban J connectivity index is 1.46. The Morgan fingerprint density at radius 2 is 1.96 bits per heavy atom. The predicted molar refractivity (Wildman–Crippen MR) is 95.2 cm³/mol. The first kappa shape index (κ1) is 15.8. The van der Waals surface area contributed by atoms with Crippen molar-refractivity contribution in [1.29, 1.82) is 0 Å². The summed E-state index contributed by atoms with van der Waals surface area (Å²) < 4.78 is 2.84. The molecule has 0 spiro atoms. The Hall–Kier alpha value is -2.67. The highest BCUT2D eigenvalue weighted by Gasteiger charge is 2.26. The smallest absolute Gasteiger partial charge is 0.338 e. The van der Waals surface area contributed by atoms with Gasteiger partial charge in [-0.1, -0.05) is 18.2 Å². The molecule has 3 heterocycles. The first-order chi connectivity index (χ1) is 12.1. The molecule has 1 saturated heterocycles. The van der Waals surface area contributed by atoms with Gasteiger partial charge in [0.25, 0.3) is 5.91 Å². The van der Waals surface area contributed by atoms with E-state index in [0.29, 0.717) is 13.1 Å². The number of carbonyl (C=O) groups excluding carboxylic acids is 1. The minimum Gasteiger partial charge on any atom is -0.478 e. The molecule has 128 valence electrons. The molecule has 0 radical (unpaired) electrons. The van der Waals surface area contributed by atoms with E-state index in [1.807, 2.05) is 34.5 Å². The molecule has 2 aromatic heterocycles. The van der Waals surface area contributed by atoms with E-state index in [1.54, 1.807) is 22.2 Å². The molecule has 1 aromatic carbocycles. The van der Waals surface area contributed by atoms with Crippen LogP contribution in [-0.4, -0.2) is 44.8 Å². The van der Waals surface area contributed by atoms with Crippen molar-refractivity contribution in [3.05, 3.63) is 53.2 Å². The van der Waals surface area contributed by atoms with Crippen molar-refractivity contribution in [1.82, 2.24) is 14.7 Å². The van der Waals surface area contributed by atoms with Gasteiger partial charge in [-0.05, 0) is 18.9 Å². The molecule has 0 atom stereocenters. The zero-order chi connectivity index (χ0) is 17.4. The van der Waals surface area contributed by atoms with E-state index < -0.39 is 5.97 Å². The second-order valence-electron chi connectivity index (χ2n) is 6.18. The van der Waals surface area contributed by atoms with Crippen LogP contribution in [0.15, 0.2) is 42.0 Å². The van der Waals surface area contributed by atoms with Crippen molar-refractivity contribution in [2.24, 2.45) is 0 Å². The van der Waals surface area contributed by atoms with Crippen LogP contribution in [0.4, 0.5) is 0 Å². The SMILES string of the molecule is O=C(O)c1cnn(C2CCN(C(=O)c3csc4ccccc34)CC2)c1. The Morgan fingerprint density at radius 1 is 1.20 bits per heavy atom. The number of hydrogen-bond acceptors (Lipinski definition) is 4. The number of amides is 1. The van der Waals surface area contributed by atoms with Crippen molar-refractivity contribution in [3.8, 4) is 0 Å². The number of aromatic nitrogens is 2. The van der Waals surface area contributed by atoms with E-state index in [1.165, 1.54) is 6.20 Å². The Labute approximate surface area is 148 Å². The quantitative estimate of drug-likeness (QED) is 0.782. The molecule has 1 aliphatic heterocycles. The van der Waals surface area contributed by atoms with Gasteiger partial charge in [-0.2, -0.15) is 5.10 Å². The number of hydrogen-bond donors (Lipinski definition) is 1. The Bertz CT molecular complexity index is 938. The van der Waals surface area contributed by atoms with Crippen molar-refractivity contribution in [3.63, 3.8) is 0 Å². The number of benzene rings is 1. The molecule has 0 bridgehead atoms. The maximum atomic E-state index is 12.8. The summed E-state index contributed by atoms with van der Waals surface area (Å²) in [4.78, 5) is 25.7. The molecule has 1 fully saturated rings. The maximum absolute atomic E-state index is 12.8. The number of carboxylic acid groups (broad SMARTS) is 1. The molecule has 0 saturated carbocycles. The van der Waals surface area contributed by atoms with Gasteiger partial charge in [-0.3, -0.25) is 9.48 Å². The van der Waals surface area contributed by atoms with Gasteiger partial charge >= 0.3 is 5.97 Å². The van der Waals surface area contributed by atoms with Crippen molar-refractivity contribution < 1.29 is 14.7 Å². The number of carboxylic acids is 1. The summed E-state index contributed by atoms with van der Waals surface area (Å²) >= 11 is 1.59. The molecule has 1 aliphatic rings. The number of nitrogens with zero attached hydrogens (tertiary/aromatic N) is 3. The number of thiophene rings is 1. The van der Waals surface area contributed by atoms with E-state index in [4.69, 9.17) is 5.11 Å². The number of carbonyl (C=O) groups is 2. The fourth-order valence-electron chi connectivity index (χ4n) is 3.30. The standard InChI is InChI=1S/C18H17N3O3S/c22-17(15-11-25-16-4-2-1-3-14(15)16)20-7-5-13(6-8-20)21-10-12(9-19-21)18(23)24/h1-4,9-11,13H,5-8H2,(H,23,24). The van der Waals surface area contributed by atoms with Gasteiger partial charge in [0.2, 0.25) is 0 Å². The summed E-state index contributed by atoms with van der Waals surface area (Å²) in [6, 6.07) is 8.09. The average molecular weight is 355 g/mol. The molecule has 6 nitrogen and oxygen atoms in total. The van der Waals surface area contributed by atoms with Gasteiger partial charge in [-0.25, -0.2) is 4.79 Å². The molecule has 3 aromatic rings. The summed E-state index contributed by atoms with van der Waals surface area (Å²) in [6.45, 7) is 1.30. The summed E-state index contributed by atoms with van der Waals surface area (Å²) in [5.41, 5.74) is 0.967. The van der Waals surface area contributed by atoms with Crippen LogP contribution >= 0.6 is 11.3 Å². The first-order valence-electron chi connectivity index (χ1n) is 8.16. The summed E-state index contributed by atoms with van der Waals surface area (Å²) in [5, 5.41) is 16.1. The summed E-state index contributed by atoms with van der Waals surface area (Å²) in [7, 11) is 0. The van der Waals surface area contributed by atoms with Gasteiger partial charge < -0.3 is 10.0 Å². The fraction of sp³-hybridized carbons (Fsp3) is 0.278. The lowest BCUT2D eigenvalue weighted by molar-refractivity contribution is 0.0690. The van der Waals surface area contributed by atoms with Crippen LogP contribution in [0.1, 0.15) is 39.6 Å². The van der Waals surface area contributed by atoms with Gasteiger partial charge in [0.15, 0.2) is 0 Å². The molecule has 7 heteroatoms. The van der Waals surface area contributed by atoms with E-state index in [9.17, 15) is 9.59 Å². The lowest BCUT2D eigenvalue weighted by Crippen LogP contribution is -2.39. The third-order valence-electron chi connectivity index (χ3n) is 4.69. The predicted octanol–water partition coefficient (Wildman–Crippen LogP) is 3.27. The lowest BCUT2D eigenvalue weighted by Gasteiger charge is -2.32. The Kier molecular flexibility index (Phi) is 4.01. The number of piperidine rings is 1. The maximum Gasteiger partial charge on any atom is 0.338 e. The van der Waals surface area contributed by atoms with Crippen LogP contribution in [0.5, 0.6) is 0 Å². The highest BCUT2D eigenvalue weighted by molar-refractivity contribution is 7.17. The van der Waals surface area contributed by atoms with Crippen molar-refractivity contribution in [2.45, 2.75) is 18.9 Å². The average Bonchev–Trinajstić information content (AvgIpc) is 3.29. The normalized spacial score (nSPS) is 15.6. The third kappa shape index (κ3) is 2.91. The molecule has 0 unspecified atom stereocenters. The number of rotatable bonds is 3. The first-order valence-corrected chi connectivity index (χ1v) is 9.04. The second kappa shape index (κ2) is 6.33. The van der Waals surface area contributed by atoms with Crippen molar-refractivity contribution >= 4 is 33.3 Å². The molecular weight excluding hydrogens is 338 g/mol. The van der Waals surface area contributed by atoms with Crippen molar-refractivity contribution in [2.75, 3.05) is 13.1 Å². The van der Waals surface area contributed by atoms with Crippen LogP contribution < -0.4 is 0 Å². The lowest BCUT2D eigenvalue weighted by atomic mass is 10.0. The highest BCUT2D eigenvalue weighted by Crippen LogP contribution is 2.29. The van der Waals surface area contributed by atoms with Gasteiger partial charge in [0, 0.05) is 34.8 Å². The number of fused-ring (bicyclic) bond motifs is 1.